The Morgan fingerprint density at radius 1 is 0.892 bits per heavy atom. The van der Waals surface area contributed by atoms with Crippen LogP contribution in [-0.2, 0) is 29.6 Å². The van der Waals surface area contributed by atoms with Gasteiger partial charge in [-0.1, -0.05) is 26.0 Å². The van der Waals surface area contributed by atoms with Crippen molar-refractivity contribution in [3.05, 3.63) is 54.1 Å². The molecule has 2 N–H and O–H groups in total. The molecule has 0 spiro atoms. The molecule has 0 radical (unpaired) electrons. The topological polar surface area (TPSA) is 131 Å². The normalized spacial score (nSPS) is 14.5. The highest BCUT2D eigenvalue weighted by Crippen LogP contribution is 2.28. The van der Waals surface area contributed by atoms with E-state index in [1.54, 1.807) is 36.4 Å². The molecule has 0 bridgehead atoms. The maximum Gasteiger partial charge on any atom is 0.323 e. The number of carbonyl (C=O) groups is 1. The van der Waals surface area contributed by atoms with Gasteiger partial charge in [0.25, 0.3) is 0 Å². The van der Waals surface area contributed by atoms with Gasteiger partial charge in [-0.2, -0.15) is 0 Å². The number of sulfonamides is 2. The van der Waals surface area contributed by atoms with E-state index >= 15 is 0 Å². The van der Waals surface area contributed by atoms with Crippen LogP contribution < -0.4 is 14.2 Å². The molecule has 3 atom stereocenters. The van der Waals surface area contributed by atoms with Crippen molar-refractivity contribution in [3.8, 4) is 5.75 Å². The second-order valence-electron chi connectivity index (χ2n) is 9.31. The molecule has 0 aliphatic rings. The van der Waals surface area contributed by atoms with Crippen molar-refractivity contribution in [1.29, 1.82) is 0 Å². The second-order valence-corrected chi connectivity index (χ2v) is 12.8. The van der Waals surface area contributed by atoms with Crippen molar-refractivity contribution in [3.63, 3.8) is 0 Å². The van der Waals surface area contributed by atoms with E-state index in [0.717, 1.165) is 18.1 Å². The van der Waals surface area contributed by atoms with Gasteiger partial charge in [0.15, 0.2) is 0 Å². The quantitative estimate of drug-likeness (QED) is 0.340. The number of ether oxygens (including phenoxy) is 2. The zero-order chi connectivity index (χ0) is 27.8. The Morgan fingerprint density at radius 3 is 1.84 bits per heavy atom. The SMILES string of the molecule is COC(=O)C(C(C)CC(C)c1ccc(NS(C)(=O)=O)cc1)N(C)CCOc1ccc(NS(C)(=O)=O)cc1. The summed E-state index contributed by atoms with van der Waals surface area (Å²) in [5.74, 6) is 0.337. The van der Waals surface area contributed by atoms with E-state index in [4.69, 9.17) is 9.47 Å². The number of nitrogens with zero attached hydrogens (tertiary/aromatic N) is 1. The first-order valence-corrected chi connectivity index (χ1v) is 15.5. The first-order chi connectivity index (χ1) is 17.2. The summed E-state index contributed by atoms with van der Waals surface area (Å²) in [6, 6.07) is 13.3. The molecule has 0 aliphatic heterocycles. The minimum Gasteiger partial charge on any atom is -0.492 e. The lowest BCUT2D eigenvalue weighted by molar-refractivity contribution is -0.148. The average molecular weight is 556 g/mol. The number of likely N-dealkylation sites (N-methyl/N-ethyl adjacent to an activating group) is 1. The lowest BCUT2D eigenvalue weighted by Crippen LogP contribution is -2.45. The molecule has 0 fully saturated rings. The summed E-state index contributed by atoms with van der Waals surface area (Å²) in [6.07, 6.45) is 2.90. The lowest BCUT2D eigenvalue weighted by Gasteiger charge is -2.32. The Kier molecular flexibility index (Phi) is 10.8. The molecular formula is C25H37N3O7S2. The Morgan fingerprint density at radius 2 is 1.38 bits per heavy atom. The van der Waals surface area contributed by atoms with Crippen LogP contribution in [0.2, 0.25) is 0 Å². The van der Waals surface area contributed by atoms with Crippen LogP contribution in [0.1, 0.15) is 31.7 Å². The molecule has 2 aromatic carbocycles. The first-order valence-electron chi connectivity index (χ1n) is 11.7. The number of carbonyl (C=O) groups excluding carboxylic acids is 1. The smallest absolute Gasteiger partial charge is 0.323 e. The summed E-state index contributed by atoms with van der Waals surface area (Å²) >= 11 is 0. The fraction of sp³-hybridized carbons (Fsp3) is 0.480. The number of methoxy groups -OCH3 is 1. The molecule has 12 heteroatoms. The maximum atomic E-state index is 12.6. The van der Waals surface area contributed by atoms with Crippen LogP contribution in [-0.4, -0.2) is 73.6 Å². The Labute approximate surface area is 220 Å². The van der Waals surface area contributed by atoms with E-state index in [1.807, 2.05) is 31.0 Å². The molecule has 0 aliphatic carbocycles. The summed E-state index contributed by atoms with van der Waals surface area (Å²) in [5.41, 5.74) is 1.98. The van der Waals surface area contributed by atoms with Gasteiger partial charge in [0, 0.05) is 17.9 Å². The molecule has 2 aromatic rings. The third-order valence-corrected chi connectivity index (χ3v) is 7.05. The van der Waals surface area contributed by atoms with Gasteiger partial charge in [-0.15, -0.1) is 0 Å². The van der Waals surface area contributed by atoms with E-state index in [1.165, 1.54) is 7.11 Å². The number of esters is 1. The van der Waals surface area contributed by atoms with Crippen LogP contribution in [0.3, 0.4) is 0 Å². The number of benzene rings is 2. The highest BCUT2D eigenvalue weighted by molar-refractivity contribution is 7.92. The molecule has 0 heterocycles. The van der Waals surface area contributed by atoms with Crippen LogP contribution in [0.15, 0.2) is 48.5 Å². The number of nitrogens with one attached hydrogen (secondary N) is 2. The van der Waals surface area contributed by atoms with Crippen molar-refractivity contribution in [2.45, 2.75) is 32.2 Å². The zero-order valence-electron chi connectivity index (χ0n) is 22.1. The lowest BCUT2D eigenvalue weighted by atomic mass is 9.86. The molecule has 0 aromatic heterocycles. The third kappa shape index (κ3) is 10.6. The number of rotatable bonds is 14. The Hall–Kier alpha value is -2.83. The van der Waals surface area contributed by atoms with E-state index < -0.39 is 26.1 Å². The monoisotopic (exact) mass is 555 g/mol. The molecule has 10 nitrogen and oxygen atoms in total. The highest BCUT2D eigenvalue weighted by Gasteiger charge is 2.31. The van der Waals surface area contributed by atoms with Gasteiger partial charge < -0.3 is 9.47 Å². The van der Waals surface area contributed by atoms with Crippen molar-refractivity contribution >= 4 is 37.4 Å². The minimum atomic E-state index is -3.35. The van der Waals surface area contributed by atoms with Gasteiger partial charge in [-0.05, 0) is 67.3 Å². The Bertz CT molecular complexity index is 1230. The summed E-state index contributed by atoms with van der Waals surface area (Å²) in [5, 5.41) is 0. The fourth-order valence-electron chi connectivity index (χ4n) is 4.16. The van der Waals surface area contributed by atoms with E-state index in [0.29, 0.717) is 36.7 Å². The maximum absolute atomic E-state index is 12.6. The molecule has 206 valence electrons. The predicted molar refractivity (Wildman–Crippen MR) is 146 cm³/mol. The first kappa shape index (κ1) is 30.4. The largest absolute Gasteiger partial charge is 0.492 e. The van der Waals surface area contributed by atoms with Crippen LogP contribution in [0.5, 0.6) is 5.75 Å². The standard InChI is InChI=1S/C25H37N3O7S2/c1-18(20-7-9-21(10-8-20)26-36(5,30)31)17-19(2)24(25(29)34-4)28(3)15-16-35-23-13-11-22(12-14-23)27-37(6,32)33/h7-14,18-19,24,26-27H,15-17H2,1-6H3. The van der Waals surface area contributed by atoms with E-state index in [2.05, 4.69) is 16.4 Å². The van der Waals surface area contributed by atoms with Crippen molar-refractivity contribution in [1.82, 2.24) is 4.90 Å². The molecule has 0 amide bonds. The van der Waals surface area contributed by atoms with Crippen LogP contribution in [0, 0.1) is 5.92 Å². The summed E-state index contributed by atoms with van der Waals surface area (Å²) in [6.45, 7) is 4.85. The molecule has 37 heavy (non-hydrogen) atoms. The van der Waals surface area contributed by atoms with Gasteiger partial charge in [-0.3, -0.25) is 19.1 Å². The van der Waals surface area contributed by atoms with Crippen LogP contribution in [0.4, 0.5) is 11.4 Å². The number of anilines is 2. The van der Waals surface area contributed by atoms with E-state index in [-0.39, 0.29) is 17.8 Å². The molecule has 3 unspecified atom stereocenters. The second kappa shape index (κ2) is 13.1. The van der Waals surface area contributed by atoms with Crippen molar-refractivity contribution < 1.29 is 31.1 Å². The van der Waals surface area contributed by atoms with Gasteiger partial charge >= 0.3 is 5.97 Å². The summed E-state index contributed by atoms with van der Waals surface area (Å²) < 4.78 is 61.2. The number of hydrogen-bond donors (Lipinski definition) is 2. The molecule has 0 saturated heterocycles. The average Bonchev–Trinajstić information content (AvgIpc) is 2.78. The van der Waals surface area contributed by atoms with Gasteiger partial charge in [0.05, 0.1) is 19.6 Å². The fourth-order valence-corrected chi connectivity index (χ4v) is 5.29. The predicted octanol–water partition coefficient (Wildman–Crippen LogP) is 3.11. The number of hydrogen-bond acceptors (Lipinski definition) is 8. The van der Waals surface area contributed by atoms with E-state index in [9.17, 15) is 21.6 Å². The van der Waals surface area contributed by atoms with Crippen molar-refractivity contribution in [2.75, 3.05) is 49.3 Å². The highest BCUT2D eigenvalue weighted by atomic mass is 32.2. The van der Waals surface area contributed by atoms with Gasteiger partial charge in [0.1, 0.15) is 18.4 Å². The molecule has 0 saturated carbocycles. The molecule has 2 rings (SSSR count). The third-order valence-electron chi connectivity index (χ3n) is 5.84. The summed E-state index contributed by atoms with van der Waals surface area (Å²) in [4.78, 5) is 14.6. The molecular weight excluding hydrogens is 518 g/mol. The zero-order valence-corrected chi connectivity index (χ0v) is 23.7. The van der Waals surface area contributed by atoms with Gasteiger partial charge in [-0.25, -0.2) is 16.8 Å². The summed E-state index contributed by atoms with van der Waals surface area (Å²) in [7, 11) is -3.47. The van der Waals surface area contributed by atoms with Crippen LogP contribution in [0.25, 0.3) is 0 Å². The van der Waals surface area contributed by atoms with Crippen molar-refractivity contribution in [2.24, 2.45) is 5.92 Å². The Balaban J connectivity index is 1.96. The van der Waals surface area contributed by atoms with Crippen LogP contribution >= 0.6 is 0 Å². The van der Waals surface area contributed by atoms with Gasteiger partial charge in [0.2, 0.25) is 20.0 Å². The minimum absolute atomic E-state index is 0.0392.